The van der Waals surface area contributed by atoms with Crippen LogP contribution in [0.3, 0.4) is 0 Å². The van der Waals surface area contributed by atoms with Crippen LogP contribution in [0, 0.1) is 0 Å². The van der Waals surface area contributed by atoms with Gasteiger partial charge in [0.15, 0.2) is 5.15 Å². The van der Waals surface area contributed by atoms with Crippen LogP contribution in [0.1, 0.15) is 22.7 Å². The summed E-state index contributed by atoms with van der Waals surface area (Å²) >= 11 is 5.77. The van der Waals surface area contributed by atoms with E-state index in [1.807, 2.05) is 60.7 Å². The second-order valence-corrected chi connectivity index (χ2v) is 6.97. The summed E-state index contributed by atoms with van der Waals surface area (Å²) in [6.07, 6.45) is -3.37. The third-order valence-corrected chi connectivity index (χ3v) is 4.73. The standard InChI is InChI=1S/C22H16ClF3N4/c23-20-14-27-30(29-20)19-13-17(11-12-18(19)22(24,25)26)28-21(15-7-3-1-4-8-15)16-9-5-2-6-10-16/h1-14,21,28H. The molecule has 0 unspecified atom stereocenters. The summed E-state index contributed by atoms with van der Waals surface area (Å²) in [7, 11) is 0. The Morgan fingerprint density at radius 3 is 1.97 bits per heavy atom. The highest BCUT2D eigenvalue weighted by atomic mass is 35.5. The van der Waals surface area contributed by atoms with Crippen LogP contribution in [0.5, 0.6) is 0 Å². The van der Waals surface area contributed by atoms with Crippen LogP contribution < -0.4 is 5.32 Å². The summed E-state index contributed by atoms with van der Waals surface area (Å²) in [5.41, 5.74) is 1.38. The number of rotatable bonds is 5. The molecule has 0 atom stereocenters. The van der Waals surface area contributed by atoms with E-state index in [4.69, 9.17) is 11.6 Å². The molecular formula is C22H16ClF3N4. The van der Waals surface area contributed by atoms with Gasteiger partial charge in [-0.1, -0.05) is 72.3 Å². The topological polar surface area (TPSA) is 42.7 Å². The molecule has 0 aliphatic heterocycles. The Balaban J connectivity index is 1.77. The maximum Gasteiger partial charge on any atom is 0.418 e. The van der Waals surface area contributed by atoms with E-state index in [2.05, 4.69) is 15.5 Å². The SMILES string of the molecule is FC(F)(F)c1ccc(NC(c2ccccc2)c2ccccc2)cc1-n1ncc(Cl)n1. The highest BCUT2D eigenvalue weighted by molar-refractivity contribution is 6.29. The van der Waals surface area contributed by atoms with Crippen LogP contribution in [-0.4, -0.2) is 15.0 Å². The fourth-order valence-corrected chi connectivity index (χ4v) is 3.32. The van der Waals surface area contributed by atoms with Crippen molar-refractivity contribution in [3.63, 3.8) is 0 Å². The zero-order valence-electron chi connectivity index (χ0n) is 15.5. The maximum absolute atomic E-state index is 13.5. The van der Waals surface area contributed by atoms with Crippen molar-refractivity contribution in [3.8, 4) is 5.69 Å². The molecule has 30 heavy (non-hydrogen) atoms. The third-order valence-electron chi connectivity index (χ3n) is 4.56. The molecule has 0 bridgehead atoms. The molecule has 0 spiro atoms. The maximum atomic E-state index is 13.5. The minimum absolute atomic E-state index is 0.00735. The second-order valence-electron chi connectivity index (χ2n) is 6.59. The molecule has 0 radical (unpaired) electrons. The number of benzene rings is 3. The molecule has 0 saturated carbocycles. The molecule has 3 aromatic carbocycles. The molecule has 152 valence electrons. The minimum atomic E-state index is -4.56. The molecule has 1 N–H and O–H groups in total. The van der Waals surface area contributed by atoms with Gasteiger partial charge in [-0.05, 0) is 29.3 Å². The molecule has 4 rings (SSSR count). The van der Waals surface area contributed by atoms with E-state index >= 15 is 0 Å². The van der Waals surface area contributed by atoms with Crippen LogP contribution >= 0.6 is 11.6 Å². The van der Waals surface area contributed by atoms with Crippen molar-refractivity contribution in [1.29, 1.82) is 0 Å². The van der Waals surface area contributed by atoms with Crippen molar-refractivity contribution in [2.24, 2.45) is 0 Å². The summed E-state index contributed by atoms with van der Waals surface area (Å²) in [5, 5.41) is 11.0. The number of nitrogens with zero attached hydrogens (tertiary/aromatic N) is 3. The van der Waals surface area contributed by atoms with Crippen LogP contribution in [0.2, 0.25) is 5.15 Å². The van der Waals surface area contributed by atoms with Gasteiger partial charge in [-0.2, -0.15) is 18.3 Å². The van der Waals surface area contributed by atoms with E-state index in [1.54, 1.807) is 0 Å². The summed E-state index contributed by atoms with van der Waals surface area (Å²) < 4.78 is 40.6. The Morgan fingerprint density at radius 1 is 0.867 bits per heavy atom. The lowest BCUT2D eigenvalue weighted by Gasteiger charge is -2.22. The zero-order chi connectivity index (χ0) is 21.1. The van der Waals surface area contributed by atoms with Gasteiger partial charge in [-0.25, -0.2) is 0 Å². The van der Waals surface area contributed by atoms with E-state index in [0.717, 1.165) is 22.0 Å². The lowest BCUT2D eigenvalue weighted by Crippen LogP contribution is -2.15. The van der Waals surface area contributed by atoms with Gasteiger partial charge in [0.2, 0.25) is 0 Å². The lowest BCUT2D eigenvalue weighted by atomic mass is 9.98. The first kappa shape index (κ1) is 20.0. The molecule has 1 heterocycles. The van der Waals surface area contributed by atoms with E-state index < -0.39 is 11.7 Å². The van der Waals surface area contributed by atoms with Gasteiger partial charge in [-0.3, -0.25) is 0 Å². The Hall–Kier alpha value is -3.32. The van der Waals surface area contributed by atoms with Gasteiger partial charge in [0.1, 0.15) is 0 Å². The number of nitrogens with one attached hydrogen (secondary N) is 1. The Kier molecular flexibility index (Phi) is 5.46. The van der Waals surface area contributed by atoms with E-state index in [0.29, 0.717) is 5.69 Å². The number of halogens is 4. The minimum Gasteiger partial charge on any atom is -0.374 e. The largest absolute Gasteiger partial charge is 0.418 e. The number of aromatic nitrogens is 3. The van der Waals surface area contributed by atoms with Gasteiger partial charge in [0.05, 0.1) is 23.5 Å². The molecule has 4 nitrogen and oxygen atoms in total. The molecule has 0 saturated heterocycles. The lowest BCUT2D eigenvalue weighted by molar-refractivity contribution is -0.137. The van der Waals surface area contributed by atoms with Crippen LogP contribution in [0.25, 0.3) is 5.69 Å². The van der Waals surface area contributed by atoms with Crippen molar-refractivity contribution < 1.29 is 13.2 Å². The Morgan fingerprint density at radius 2 is 1.47 bits per heavy atom. The number of hydrogen-bond donors (Lipinski definition) is 1. The van der Waals surface area contributed by atoms with Crippen molar-refractivity contribution in [1.82, 2.24) is 15.0 Å². The number of anilines is 1. The molecule has 0 fully saturated rings. The third kappa shape index (κ3) is 4.31. The Labute approximate surface area is 175 Å². The predicted octanol–water partition coefficient (Wildman–Crippen LogP) is 6.14. The van der Waals surface area contributed by atoms with Crippen molar-refractivity contribution in [2.75, 3.05) is 5.32 Å². The second kappa shape index (κ2) is 8.20. The summed E-state index contributed by atoms with van der Waals surface area (Å²) in [4.78, 5) is 0.885. The first-order valence-corrected chi connectivity index (χ1v) is 9.45. The molecule has 0 amide bonds. The molecule has 1 aromatic heterocycles. The van der Waals surface area contributed by atoms with Crippen molar-refractivity contribution in [2.45, 2.75) is 12.2 Å². The number of alkyl halides is 3. The van der Waals surface area contributed by atoms with Crippen LogP contribution in [0.15, 0.2) is 85.1 Å². The smallest absolute Gasteiger partial charge is 0.374 e. The van der Waals surface area contributed by atoms with Crippen LogP contribution in [-0.2, 0) is 6.18 Å². The highest BCUT2D eigenvalue weighted by Gasteiger charge is 2.35. The van der Waals surface area contributed by atoms with Crippen LogP contribution in [0.4, 0.5) is 18.9 Å². The van der Waals surface area contributed by atoms with Crippen molar-refractivity contribution >= 4 is 17.3 Å². The number of hydrogen-bond acceptors (Lipinski definition) is 3. The fourth-order valence-electron chi connectivity index (χ4n) is 3.20. The van der Waals surface area contributed by atoms with E-state index in [9.17, 15) is 13.2 Å². The average Bonchev–Trinajstić information content (AvgIpc) is 3.19. The highest BCUT2D eigenvalue weighted by Crippen LogP contribution is 2.36. The van der Waals surface area contributed by atoms with E-state index in [1.165, 1.54) is 18.3 Å². The van der Waals surface area contributed by atoms with Gasteiger partial charge >= 0.3 is 6.18 Å². The quantitative estimate of drug-likeness (QED) is 0.415. The van der Waals surface area contributed by atoms with Gasteiger partial charge < -0.3 is 5.32 Å². The van der Waals surface area contributed by atoms with Crippen molar-refractivity contribution in [3.05, 3.63) is 107 Å². The average molecular weight is 429 g/mol. The molecular weight excluding hydrogens is 413 g/mol. The molecule has 0 aliphatic rings. The van der Waals surface area contributed by atoms with Gasteiger partial charge in [0, 0.05) is 5.69 Å². The van der Waals surface area contributed by atoms with Gasteiger partial charge in [-0.15, -0.1) is 9.90 Å². The summed E-state index contributed by atoms with van der Waals surface area (Å²) in [6.45, 7) is 0. The Bertz CT molecular complexity index is 1090. The molecule has 0 aliphatic carbocycles. The molecule has 8 heteroatoms. The fraction of sp³-hybridized carbons (Fsp3) is 0.0909. The first-order chi connectivity index (χ1) is 14.4. The summed E-state index contributed by atoms with van der Waals surface area (Å²) in [5.74, 6) is 0. The monoisotopic (exact) mass is 428 g/mol. The summed E-state index contributed by atoms with van der Waals surface area (Å²) in [6, 6.07) is 22.9. The predicted molar refractivity (Wildman–Crippen MR) is 110 cm³/mol. The zero-order valence-corrected chi connectivity index (χ0v) is 16.3. The van der Waals surface area contributed by atoms with E-state index in [-0.39, 0.29) is 16.9 Å². The van der Waals surface area contributed by atoms with Gasteiger partial charge in [0.25, 0.3) is 0 Å². The normalized spacial score (nSPS) is 11.6. The first-order valence-electron chi connectivity index (χ1n) is 9.08. The molecule has 4 aromatic rings.